The lowest BCUT2D eigenvalue weighted by Gasteiger charge is -2.25. The van der Waals surface area contributed by atoms with E-state index >= 15 is 0 Å². The Labute approximate surface area is 104 Å². The zero-order valence-corrected chi connectivity index (χ0v) is 12.0. The topological polar surface area (TPSA) is 39.8 Å². The summed E-state index contributed by atoms with van der Waals surface area (Å²) in [5, 5.41) is 0. The van der Waals surface area contributed by atoms with Gasteiger partial charge in [-0.25, -0.2) is 0 Å². The lowest BCUT2D eigenvalue weighted by molar-refractivity contribution is 0.179. The van der Waals surface area contributed by atoms with E-state index in [0.717, 1.165) is 32.8 Å². The molecule has 16 heavy (non-hydrogen) atoms. The minimum atomic E-state index is -1.34. The van der Waals surface area contributed by atoms with Crippen molar-refractivity contribution >= 4 is 14.9 Å². The van der Waals surface area contributed by atoms with E-state index in [-0.39, 0.29) is 0 Å². The van der Waals surface area contributed by atoms with Crippen molar-refractivity contribution in [3.63, 3.8) is 0 Å². The molecule has 1 aliphatic heterocycles. The second-order valence-electron chi connectivity index (χ2n) is 4.53. The number of nitrogens with one attached hydrogen (secondary N) is 2. The first-order valence-corrected chi connectivity index (χ1v) is 7.71. The average Bonchev–Trinajstić information content (AvgIpc) is 2.25. The first kappa shape index (κ1) is 14.4. The molecule has 6 heteroatoms. The van der Waals surface area contributed by atoms with Crippen molar-refractivity contribution in [2.45, 2.75) is 12.8 Å². The van der Waals surface area contributed by atoms with Crippen LogP contribution in [0.1, 0.15) is 12.8 Å². The number of hydrogen-bond donors (Lipinski definition) is 2. The van der Waals surface area contributed by atoms with Crippen molar-refractivity contribution in [1.82, 2.24) is 18.4 Å². The smallest absolute Gasteiger partial charge is 0.478 e. The highest BCUT2D eigenvalue weighted by Gasteiger charge is 2.21. The maximum Gasteiger partial charge on any atom is 0.698 e. The summed E-state index contributed by atoms with van der Waals surface area (Å²) in [6.07, 6.45) is 2.36. The molecular weight excluding hydrogens is 219 g/mol. The van der Waals surface area contributed by atoms with Gasteiger partial charge in [0.25, 0.3) is 0 Å². The lowest BCUT2D eigenvalue weighted by Crippen LogP contribution is -2.51. The Morgan fingerprint density at radius 3 is 1.94 bits per heavy atom. The summed E-state index contributed by atoms with van der Waals surface area (Å²) in [7, 11) is 6.17. The first-order valence-electron chi connectivity index (χ1n) is 6.09. The molecule has 0 radical (unpaired) electrons. The third kappa shape index (κ3) is 6.16. The summed E-state index contributed by atoms with van der Waals surface area (Å²) in [5.74, 6) is 0. The highest BCUT2D eigenvalue weighted by Crippen LogP contribution is 1.93. The summed E-state index contributed by atoms with van der Waals surface area (Å²) in [6.45, 7) is 5.44. The molecule has 0 aliphatic carbocycles. The van der Waals surface area contributed by atoms with E-state index in [4.69, 9.17) is 3.79 Å². The van der Waals surface area contributed by atoms with E-state index in [0.29, 0.717) is 0 Å². The molecule has 0 saturated carbocycles. The van der Waals surface area contributed by atoms with Crippen LogP contribution in [0.3, 0.4) is 0 Å². The highest BCUT2D eigenvalue weighted by atomic mass is 27.2. The Morgan fingerprint density at radius 1 is 1.00 bits per heavy atom. The van der Waals surface area contributed by atoms with Crippen LogP contribution in [0, 0.1) is 0 Å². The molecule has 0 aromatic carbocycles. The summed E-state index contributed by atoms with van der Waals surface area (Å²) in [4.78, 5) is 4.75. The third-order valence-electron chi connectivity index (χ3n) is 2.81. The Hall–Kier alpha value is 0.332. The molecule has 0 atom stereocenters. The second kappa shape index (κ2) is 8.43. The van der Waals surface area contributed by atoms with Crippen LogP contribution in [-0.4, -0.2) is 78.8 Å². The molecule has 1 rings (SSSR count). The molecule has 1 heterocycles. The molecule has 2 N–H and O–H groups in total. The van der Waals surface area contributed by atoms with Gasteiger partial charge in [0, 0.05) is 20.2 Å². The molecule has 0 amide bonds. The van der Waals surface area contributed by atoms with Crippen LogP contribution in [0.25, 0.3) is 0 Å². The van der Waals surface area contributed by atoms with Crippen molar-refractivity contribution in [2.75, 3.05) is 54.1 Å². The largest absolute Gasteiger partial charge is 0.698 e. The van der Waals surface area contributed by atoms with Gasteiger partial charge in [0.2, 0.25) is 0 Å². The summed E-state index contributed by atoms with van der Waals surface area (Å²) in [6, 6.07) is 0. The molecule has 1 fully saturated rings. The van der Waals surface area contributed by atoms with Gasteiger partial charge in [-0.1, -0.05) is 0 Å². The van der Waals surface area contributed by atoms with E-state index in [9.17, 15) is 0 Å². The Balaban J connectivity index is 2.34. The second-order valence-corrected chi connectivity index (χ2v) is 6.58. The van der Waals surface area contributed by atoms with Gasteiger partial charge in [0.1, 0.15) is 0 Å². The molecular formula is C10H25AlN4O. The van der Waals surface area contributed by atoms with Crippen LogP contribution >= 0.6 is 0 Å². The number of rotatable bonds is 1. The average molecular weight is 244 g/mol. The molecule has 5 nitrogen and oxygen atoms in total. The van der Waals surface area contributed by atoms with Gasteiger partial charge < -0.3 is 12.4 Å². The molecule has 94 valence electrons. The van der Waals surface area contributed by atoms with Crippen molar-refractivity contribution in [3.05, 3.63) is 0 Å². The summed E-state index contributed by atoms with van der Waals surface area (Å²) >= 11 is -1.34. The Kier molecular flexibility index (Phi) is 7.58. The Morgan fingerprint density at radius 2 is 1.50 bits per heavy atom. The molecule has 0 spiro atoms. The normalized spacial score (nSPS) is 23.8. The molecule has 0 bridgehead atoms. The van der Waals surface area contributed by atoms with Gasteiger partial charge in [-0.15, -0.1) is 0 Å². The summed E-state index contributed by atoms with van der Waals surface area (Å²) < 4.78 is 12.4. The van der Waals surface area contributed by atoms with E-state index in [1.807, 2.05) is 0 Å². The quantitative estimate of drug-likeness (QED) is 0.604. The minimum absolute atomic E-state index is 1.05. The maximum atomic E-state index is 5.44. The molecule has 0 aromatic heterocycles. The third-order valence-corrected chi connectivity index (χ3v) is 4.60. The molecule has 1 saturated heterocycles. The van der Waals surface area contributed by atoms with Gasteiger partial charge in [0.05, 0.1) is 6.67 Å². The Bertz CT molecular complexity index is 168. The SMILES string of the molecule is C[O][Al]1[NH]CCCN(C)CN(C)CCC[NH]1. The predicted molar refractivity (Wildman–Crippen MR) is 68.1 cm³/mol. The fraction of sp³-hybridized carbons (Fsp3) is 1.00. The van der Waals surface area contributed by atoms with Crippen molar-refractivity contribution in [3.8, 4) is 0 Å². The van der Waals surface area contributed by atoms with Crippen LogP contribution in [0.15, 0.2) is 0 Å². The van der Waals surface area contributed by atoms with Crippen LogP contribution in [0.5, 0.6) is 0 Å². The van der Waals surface area contributed by atoms with Crippen LogP contribution in [0.2, 0.25) is 0 Å². The zero-order valence-electron chi connectivity index (χ0n) is 10.8. The van der Waals surface area contributed by atoms with Crippen molar-refractivity contribution < 1.29 is 3.79 Å². The van der Waals surface area contributed by atoms with E-state index < -0.39 is 14.9 Å². The van der Waals surface area contributed by atoms with Crippen molar-refractivity contribution in [2.24, 2.45) is 0 Å². The molecule has 0 unspecified atom stereocenters. The van der Waals surface area contributed by atoms with E-state index in [2.05, 4.69) is 32.5 Å². The van der Waals surface area contributed by atoms with Crippen molar-refractivity contribution in [1.29, 1.82) is 0 Å². The van der Waals surface area contributed by atoms with Gasteiger partial charge in [-0.05, 0) is 40.0 Å². The van der Waals surface area contributed by atoms with E-state index in [1.54, 1.807) is 7.11 Å². The fourth-order valence-corrected chi connectivity index (χ4v) is 3.37. The van der Waals surface area contributed by atoms with Crippen LogP contribution in [-0.2, 0) is 3.79 Å². The lowest BCUT2D eigenvalue weighted by atomic mass is 10.4. The molecule has 0 aromatic rings. The van der Waals surface area contributed by atoms with E-state index in [1.165, 1.54) is 12.8 Å². The number of nitrogens with zero attached hydrogens (tertiary/aromatic N) is 2. The maximum absolute atomic E-state index is 5.44. The van der Waals surface area contributed by atoms with Crippen LogP contribution < -0.4 is 8.60 Å². The monoisotopic (exact) mass is 244 g/mol. The standard InChI is InChI=1S/C9H22N4.CH3O.Al/c1-12(7-3-5-10)9-13(2)8-4-6-11;1-2;/h10-11H,3-9H2,1-2H3;1H3;/q-2;-1;+3. The van der Waals surface area contributed by atoms with Gasteiger partial charge in [-0.2, -0.15) is 0 Å². The molecule has 1 aliphatic rings. The van der Waals surface area contributed by atoms with Gasteiger partial charge in [0.15, 0.2) is 0 Å². The first-order chi connectivity index (χ1) is 7.72. The van der Waals surface area contributed by atoms with Gasteiger partial charge in [-0.3, -0.25) is 9.80 Å². The highest BCUT2D eigenvalue weighted by molar-refractivity contribution is 6.45. The predicted octanol–water partition coefficient (Wildman–Crippen LogP) is -0.588. The van der Waals surface area contributed by atoms with Gasteiger partial charge >= 0.3 is 14.9 Å². The minimum Gasteiger partial charge on any atom is -0.478 e. The fourth-order valence-electron chi connectivity index (χ4n) is 1.96. The number of hydrogen-bond acceptors (Lipinski definition) is 5. The zero-order chi connectivity index (χ0) is 11.8. The summed E-state index contributed by atoms with van der Waals surface area (Å²) in [5.41, 5.74) is 0. The van der Waals surface area contributed by atoms with Crippen LogP contribution in [0.4, 0.5) is 0 Å².